The highest BCUT2D eigenvalue weighted by molar-refractivity contribution is 5.40. The summed E-state index contributed by atoms with van der Waals surface area (Å²) in [4.78, 5) is 10.8. The van der Waals surface area contributed by atoms with Crippen LogP contribution in [0.15, 0.2) is 35.4 Å². The Bertz CT molecular complexity index is 719. The van der Waals surface area contributed by atoms with E-state index in [-0.39, 0.29) is 18.4 Å². The largest absolute Gasteiger partial charge is 0.416 e. The van der Waals surface area contributed by atoms with Gasteiger partial charge >= 0.3 is 11.7 Å². The van der Waals surface area contributed by atoms with Gasteiger partial charge in [0.25, 0.3) is 0 Å². The Labute approximate surface area is 131 Å². The summed E-state index contributed by atoms with van der Waals surface area (Å²) in [6, 6.07) is 6.48. The molecule has 1 aliphatic rings. The van der Waals surface area contributed by atoms with Crippen LogP contribution in [0.1, 0.15) is 43.7 Å². The maximum Gasteiger partial charge on any atom is 0.416 e. The fourth-order valence-electron chi connectivity index (χ4n) is 3.10. The van der Waals surface area contributed by atoms with Crippen LogP contribution in [0.5, 0.6) is 0 Å². The van der Waals surface area contributed by atoms with Gasteiger partial charge in [-0.3, -0.25) is 10.1 Å². The Balaban J connectivity index is 2.70. The van der Waals surface area contributed by atoms with E-state index in [0.717, 1.165) is 11.6 Å². The number of rotatable bonds is 2. The number of hydrogen-bond acceptors (Lipinski definition) is 3. The lowest BCUT2D eigenvalue weighted by Crippen LogP contribution is -2.46. The second-order valence-electron chi connectivity index (χ2n) is 5.87. The average Bonchev–Trinajstić information content (AvgIpc) is 2.48. The Kier molecular flexibility index (Phi) is 4.20. The molecule has 0 aromatic heterocycles. The smallest absolute Gasteiger partial charge is 0.263 e. The van der Waals surface area contributed by atoms with Crippen molar-refractivity contribution in [2.24, 2.45) is 0 Å². The van der Waals surface area contributed by atoms with Crippen molar-refractivity contribution in [3.63, 3.8) is 0 Å². The van der Waals surface area contributed by atoms with Gasteiger partial charge in [-0.2, -0.15) is 18.4 Å². The van der Waals surface area contributed by atoms with Crippen LogP contribution in [0.3, 0.4) is 0 Å². The number of nitro groups is 1. The highest BCUT2D eigenvalue weighted by Gasteiger charge is 2.55. The average molecular weight is 324 g/mol. The molecule has 23 heavy (non-hydrogen) atoms. The van der Waals surface area contributed by atoms with Gasteiger partial charge in [0.2, 0.25) is 0 Å². The molecule has 0 fully saturated rings. The molecule has 1 aliphatic carbocycles. The van der Waals surface area contributed by atoms with Gasteiger partial charge in [0.1, 0.15) is 6.07 Å². The van der Waals surface area contributed by atoms with E-state index < -0.39 is 28.1 Å². The minimum Gasteiger partial charge on any atom is -0.263 e. The molecule has 0 spiro atoms. The maximum atomic E-state index is 13.3. The Morgan fingerprint density at radius 1 is 1.30 bits per heavy atom. The highest BCUT2D eigenvalue weighted by Crippen LogP contribution is 2.48. The molecule has 0 saturated carbocycles. The topological polar surface area (TPSA) is 66.9 Å². The number of nitrogens with zero attached hydrogens (tertiary/aromatic N) is 2. The van der Waals surface area contributed by atoms with E-state index in [1.54, 1.807) is 19.9 Å². The molecular formula is C16H15F3N2O2. The van der Waals surface area contributed by atoms with Crippen LogP contribution in [0.4, 0.5) is 13.2 Å². The molecule has 0 saturated heterocycles. The van der Waals surface area contributed by atoms with Gasteiger partial charge in [-0.25, -0.2) is 0 Å². The highest BCUT2D eigenvalue weighted by atomic mass is 19.4. The third-order valence-corrected chi connectivity index (χ3v) is 4.51. The van der Waals surface area contributed by atoms with Crippen LogP contribution in [-0.4, -0.2) is 10.5 Å². The zero-order valence-electron chi connectivity index (χ0n) is 12.6. The molecule has 0 aliphatic heterocycles. The summed E-state index contributed by atoms with van der Waals surface area (Å²) in [7, 11) is 0. The van der Waals surface area contributed by atoms with E-state index in [4.69, 9.17) is 0 Å². The Morgan fingerprint density at radius 3 is 2.43 bits per heavy atom. The van der Waals surface area contributed by atoms with Crippen LogP contribution in [0, 0.1) is 21.4 Å². The van der Waals surface area contributed by atoms with Gasteiger partial charge in [-0.05, 0) is 31.9 Å². The van der Waals surface area contributed by atoms with Crippen LogP contribution >= 0.6 is 0 Å². The number of halogens is 3. The van der Waals surface area contributed by atoms with Gasteiger partial charge in [0, 0.05) is 4.92 Å². The van der Waals surface area contributed by atoms with Crippen molar-refractivity contribution in [3.8, 4) is 6.07 Å². The maximum absolute atomic E-state index is 13.3. The molecule has 7 heteroatoms. The first kappa shape index (κ1) is 17.0. The third-order valence-electron chi connectivity index (χ3n) is 4.51. The van der Waals surface area contributed by atoms with Crippen LogP contribution in [-0.2, 0) is 6.18 Å². The number of benzene rings is 1. The molecule has 2 atom stereocenters. The summed E-state index contributed by atoms with van der Waals surface area (Å²) in [5, 5.41) is 21.0. The molecule has 0 heterocycles. The van der Waals surface area contributed by atoms with E-state index in [1.807, 2.05) is 0 Å². The minimum absolute atomic E-state index is 0.0630. The predicted octanol–water partition coefficient (Wildman–Crippen LogP) is 4.46. The van der Waals surface area contributed by atoms with Crippen molar-refractivity contribution in [1.82, 2.24) is 0 Å². The Hall–Kier alpha value is -2.36. The fourth-order valence-corrected chi connectivity index (χ4v) is 3.10. The van der Waals surface area contributed by atoms with E-state index in [9.17, 15) is 28.5 Å². The zero-order valence-corrected chi connectivity index (χ0v) is 12.6. The van der Waals surface area contributed by atoms with Crippen LogP contribution in [0.2, 0.25) is 0 Å². The predicted molar refractivity (Wildman–Crippen MR) is 77.1 cm³/mol. The summed E-state index contributed by atoms with van der Waals surface area (Å²) in [5.74, 6) is -1.14. The summed E-state index contributed by atoms with van der Waals surface area (Å²) in [6.45, 7) is 3.41. The quantitative estimate of drug-likeness (QED) is 0.458. The van der Waals surface area contributed by atoms with Crippen molar-refractivity contribution in [1.29, 1.82) is 5.26 Å². The van der Waals surface area contributed by atoms with Gasteiger partial charge in [-0.15, -0.1) is 0 Å². The van der Waals surface area contributed by atoms with Crippen molar-refractivity contribution >= 4 is 0 Å². The normalized spacial score (nSPS) is 25.1. The molecule has 1 aromatic rings. The molecule has 0 unspecified atom stereocenters. The summed E-state index contributed by atoms with van der Waals surface area (Å²) < 4.78 is 39.8. The zero-order chi connectivity index (χ0) is 17.4. The second-order valence-corrected chi connectivity index (χ2v) is 5.87. The van der Waals surface area contributed by atoms with E-state index in [1.165, 1.54) is 18.2 Å². The van der Waals surface area contributed by atoms with Gasteiger partial charge in [0.05, 0.1) is 17.9 Å². The van der Waals surface area contributed by atoms with Crippen LogP contribution < -0.4 is 0 Å². The van der Waals surface area contributed by atoms with Gasteiger partial charge in [0.15, 0.2) is 0 Å². The molecule has 1 aromatic carbocycles. The first-order valence-corrected chi connectivity index (χ1v) is 7.00. The van der Waals surface area contributed by atoms with Crippen molar-refractivity contribution in [2.45, 2.75) is 44.3 Å². The molecule has 2 rings (SSSR count). The van der Waals surface area contributed by atoms with Gasteiger partial charge < -0.3 is 0 Å². The lowest BCUT2D eigenvalue weighted by molar-refractivity contribution is -0.557. The molecule has 0 radical (unpaired) electrons. The molecule has 0 bridgehead atoms. The molecule has 0 N–H and O–H groups in total. The monoisotopic (exact) mass is 324 g/mol. The minimum atomic E-state index is -4.63. The van der Waals surface area contributed by atoms with E-state index in [0.29, 0.717) is 5.57 Å². The fraction of sp³-hybridized carbons (Fsp3) is 0.438. The van der Waals surface area contributed by atoms with Crippen molar-refractivity contribution in [3.05, 3.63) is 56.7 Å². The number of alkyl halides is 3. The summed E-state index contributed by atoms with van der Waals surface area (Å²) in [5.41, 5.74) is -1.71. The van der Waals surface area contributed by atoms with Gasteiger partial charge in [-0.1, -0.05) is 29.3 Å². The number of allylic oxidation sites excluding steroid dienone is 1. The first-order chi connectivity index (χ1) is 10.6. The molecular weight excluding hydrogens is 309 g/mol. The van der Waals surface area contributed by atoms with Crippen molar-refractivity contribution in [2.75, 3.05) is 0 Å². The summed E-state index contributed by atoms with van der Waals surface area (Å²) >= 11 is 0. The standard InChI is InChI=1S/C16H15F3N2O2/c1-10-7-14(15(9-20,21(22)23)8-11(10)2)12-5-3-4-6-13(12)16(17,18)19/h3-6,14H,7-8H2,1-2H3/t14-,15-/m1/s1. The SMILES string of the molecule is CC1=C(C)C[C@](C#N)([N+](=O)[O-])[C@@H](c2ccccc2C(F)(F)F)C1. The van der Waals surface area contributed by atoms with E-state index in [2.05, 4.69) is 0 Å². The lowest BCUT2D eigenvalue weighted by atomic mass is 9.68. The van der Waals surface area contributed by atoms with E-state index >= 15 is 0 Å². The third kappa shape index (κ3) is 2.81. The second kappa shape index (κ2) is 5.69. The molecule has 122 valence electrons. The number of hydrogen-bond donors (Lipinski definition) is 0. The first-order valence-electron chi connectivity index (χ1n) is 7.00. The lowest BCUT2D eigenvalue weighted by Gasteiger charge is -2.34. The van der Waals surface area contributed by atoms with Crippen LogP contribution in [0.25, 0.3) is 0 Å². The van der Waals surface area contributed by atoms with Crippen molar-refractivity contribution < 1.29 is 18.1 Å². The number of nitriles is 1. The summed E-state index contributed by atoms with van der Waals surface area (Å²) in [6.07, 6.45) is -4.73. The Morgan fingerprint density at radius 2 is 1.91 bits per heavy atom. The molecule has 0 amide bonds. The molecule has 4 nitrogen and oxygen atoms in total.